The number of ketones is 1. The Morgan fingerprint density at radius 1 is 0.941 bits per heavy atom. The molecule has 7 heteroatoms. The zero-order valence-corrected chi connectivity index (χ0v) is 19.3. The molecular formula is C27H23N5OS. The first-order valence-electron chi connectivity index (χ1n) is 11.4. The number of fused-ring (bicyclic) bond motifs is 1. The summed E-state index contributed by atoms with van der Waals surface area (Å²) in [7, 11) is 0. The minimum absolute atomic E-state index is 0.190. The van der Waals surface area contributed by atoms with Gasteiger partial charge in [0.1, 0.15) is 6.04 Å². The van der Waals surface area contributed by atoms with Gasteiger partial charge in [-0.15, -0.1) is 5.10 Å². The van der Waals surface area contributed by atoms with Gasteiger partial charge in [-0.05, 0) is 41.7 Å². The summed E-state index contributed by atoms with van der Waals surface area (Å²) in [5, 5.41) is 8.90. The SMILES string of the molecule is O=C1CCCC2=C1[C@@H](c1ccc(-c3ccccc3)cc1)n1nc(SCc3ccccn3)nc1N2. The summed E-state index contributed by atoms with van der Waals surface area (Å²) in [5.41, 5.74) is 6.13. The van der Waals surface area contributed by atoms with E-state index in [1.165, 1.54) is 5.56 Å². The van der Waals surface area contributed by atoms with Crippen LogP contribution in [0.4, 0.5) is 5.95 Å². The lowest BCUT2D eigenvalue weighted by Gasteiger charge is -2.32. The molecule has 34 heavy (non-hydrogen) atoms. The second-order valence-electron chi connectivity index (χ2n) is 8.46. The number of rotatable bonds is 5. The normalized spacial score (nSPS) is 17.2. The molecule has 0 saturated heterocycles. The van der Waals surface area contributed by atoms with E-state index in [0.29, 0.717) is 23.3 Å². The van der Waals surface area contributed by atoms with Gasteiger partial charge in [-0.2, -0.15) is 4.98 Å². The van der Waals surface area contributed by atoms with Gasteiger partial charge in [-0.25, -0.2) is 4.68 Å². The van der Waals surface area contributed by atoms with E-state index in [-0.39, 0.29) is 11.8 Å². The molecule has 0 spiro atoms. The van der Waals surface area contributed by atoms with E-state index in [1.807, 2.05) is 41.1 Å². The molecule has 2 aromatic heterocycles. The van der Waals surface area contributed by atoms with E-state index < -0.39 is 0 Å². The number of allylic oxidation sites excluding steroid dienone is 2. The fourth-order valence-electron chi connectivity index (χ4n) is 4.62. The first-order chi connectivity index (χ1) is 16.8. The number of Topliss-reactive ketones (excluding diaryl/α,β-unsaturated/α-hetero) is 1. The van der Waals surface area contributed by atoms with E-state index in [0.717, 1.165) is 40.9 Å². The van der Waals surface area contributed by atoms with Crippen LogP contribution in [0.3, 0.4) is 0 Å². The molecular weight excluding hydrogens is 442 g/mol. The van der Waals surface area contributed by atoms with Crippen molar-refractivity contribution in [2.24, 2.45) is 0 Å². The Labute approximate surface area is 202 Å². The number of hydrogen-bond acceptors (Lipinski definition) is 6. The molecule has 0 unspecified atom stereocenters. The molecule has 2 aliphatic rings. The second kappa shape index (κ2) is 8.91. The lowest BCUT2D eigenvalue weighted by Crippen LogP contribution is -2.31. The Kier molecular flexibility index (Phi) is 5.47. The molecule has 1 aliphatic carbocycles. The third kappa shape index (κ3) is 3.92. The molecule has 6 nitrogen and oxygen atoms in total. The van der Waals surface area contributed by atoms with Crippen molar-refractivity contribution < 1.29 is 4.79 Å². The van der Waals surface area contributed by atoms with Gasteiger partial charge < -0.3 is 5.32 Å². The quantitative estimate of drug-likeness (QED) is 0.384. The summed E-state index contributed by atoms with van der Waals surface area (Å²) in [6.07, 6.45) is 4.08. The molecule has 6 rings (SSSR count). The number of pyridine rings is 1. The van der Waals surface area contributed by atoms with Gasteiger partial charge in [0.05, 0.1) is 5.69 Å². The van der Waals surface area contributed by atoms with Gasteiger partial charge in [-0.3, -0.25) is 9.78 Å². The fourth-order valence-corrected chi connectivity index (χ4v) is 5.36. The maximum absolute atomic E-state index is 13.1. The average Bonchev–Trinajstić information content (AvgIpc) is 3.30. The van der Waals surface area contributed by atoms with Gasteiger partial charge in [0.15, 0.2) is 5.78 Å². The van der Waals surface area contributed by atoms with Crippen molar-refractivity contribution in [1.29, 1.82) is 0 Å². The van der Waals surface area contributed by atoms with E-state index in [2.05, 4.69) is 46.7 Å². The summed E-state index contributed by atoms with van der Waals surface area (Å²) in [6.45, 7) is 0. The van der Waals surface area contributed by atoms with E-state index in [4.69, 9.17) is 10.1 Å². The van der Waals surface area contributed by atoms with E-state index in [9.17, 15) is 4.79 Å². The molecule has 1 N–H and O–H groups in total. The van der Waals surface area contributed by atoms with Crippen LogP contribution in [-0.4, -0.2) is 25.5 Å². The Hall–Kier alpha value is -3.71. The van der Waals surface area contributed by atoms with Crippen molar-refractivity contribution in [2.75, 3.05) is 5.32 Å². The number of benzene rings is 2. The standard InChI is InChI=1S/C27H23N5OS/c33-23-11-6-10-22-24(23)25(20-14-12-19(13-15-20)18-7-2-1-3-8-18)32-26(29-22)30-27(31-32)34-17-21-9-4-5-16-28-21/h1-5,7-9,12-16,25H,6,10-11,17H2,(H,29,30,31)/t25-/m1/s1. The third-order valence-corrected chi connectivity index (χ3v) is 7.13. The van der Waals surface area contributed by atoms with Crippen molar-refractivity contribution in [3.05, 3.63) is 102 Å². The average molecular weight is 466 g/mol. The number of carbonyl (C=O) groups is 1. The molecule has 1 atom stereocenters. The fraction of sp³-hybridized carbons (Fsp3) is 0.185. The number of carbonyl (C=O) groups excluding carboxylic acids is 1. The summed E-state index contributed by atoms with van der Waals surface area (Å²) in [4.78, 5) is 22.2. The molecule has 168 valence electrons. The van der Waals surface area contributed by atoms with Crippen LogP contribution in [0.5, 0.6) is 0 Å². The Bertz CT molecular complexity index is 1360. The minimum Gasteiger partial charge on any atom is -0.328 e. The van der Waals surface area contributed by atoms with Crippen LogP contribution < -0.4 is 5.32 Å². The predicted molar refractivity (Wildman–Crippen MR) is 133 cm³/mol. The number of nitrogens with one attached hydrogen (secondary N) is 1. The zero-order valence-electron chi connectivity index (χ0n) is 18.5. The zero-order chi connectivity index (χ0) is 22.9. The molecule has 0 amide bonds. The summed E-state index contributed by atoms with van der Waals surface area (Å²) in [6, 6.07) is 24.4. The van der Waals surface area contributed by atoms with Crippen LogP contribution in [0.1, 0.15) is 36.6 Å². The maximum atomic E-state index is 13.1. The highest BCUT2D eigenvalue weighted by atomic mass is 32.2. The van der Waals surface area contributed by atoms with Crippen molar-refractivity contribution in [3.8, 4) is 11.1 Å². The molecule has 0 radical (unpaired) electrons. The first kappa shape index (κ1) is 20.9. The lowest BCUT2D eigenvalue weighted by molar-refractivity contribution is -0.116. The Balaban J connectivity index is 1.36. The smallest absolute Gasteiger partial charge is 0.227 e. The van der Waals surface area contributed by atoms with Gasteiger partial charge in [0, 0.05) is 29.6 Å². The third-order valence-electron chi connectivity index (χ3n) is 6.26. The molecule has 0 fully saturated rings. The van der Waals surface area contributed by atoms with Gasteiger partial charge in [-0.1, -0.05) is 72.4 Å². The summed E-state index contributed by atoms with van der Waals surface area (Å²) < 4.78 is 1.88. The monoisotopic (exact) mass is 465 g/mol. The second-order valence-corrected chi connectivity index (χ2v) is 9.40. The summed E-state index contributed by atoms with van der Waals surface area (Å²) >= 11 is 1.55. The molecule has 1 aliphatic heterocycles. The van der Waals surface area contributed by atoms with Crippen LogP contribution in [0.15, 0.2) is 95.4 Å². The van der Waals surface area contributed by atoms with Crippen molar-refractivity contribution >= 4 is 23.5 Å². The van der Waals surface area contributed by atoms with Crippen LogP contribution in [-0.2, 0) is 10.5 Å². The number of thioether (sulfide) groups is 1. The van der Waals surface area contributed by atoms with Crippen molar-refractivity contribution in [2.45, 2.75) is 36.2 Å². The van der Waals surface area contributed by atoms with Gasteiger partial charge >= 0.3 is 0 Å². The molecule has 3 heterocycles. The van der Waals surface area contributed by atoms with Crippen LogP contribution in [0, 0.1) is 0 Å². The van der Waals surface area contributed by atoms with Crippen LogP contribution in [0.25, 0.3) is 11.1 Å². The van der Waals surface area contributed by atoms with Crippen molar-refractivity contribution in [3.63, 3.8) is 0 Å². The highest BCUT2D eigenvalue weighted by Crippen LogP contribution is 2.41. The van der Waals surface area contributed by atoms with E-state index >= 15 is 0 Å². The molecule has 0 bridgehead atoms. The molecule has 2 aromatic carbocycles. The lowest BCUT2D eigenvalue weighted by atomic mass is 9.85. The predicted octanol–water partition coefficient (Wildman–Crippen LogP) is 5.65. The molecule has 0 saturated carbocycles. The highest BCUT2D eigenvalue weighted by molar-refractivity contribution is 7.98. The number of anilines is 1. The minimum atomic E-state index is -0.277. The topological polar surface area (TPSA) is 72.7 Å². The number of nitrogens with zero attached hydrogens (tertiary/aromatic N) is 4. The maximum Gasteiger partial charge on any atom is 0.227 e. The largest absolute Gasteiger partial charge is 0.328 e. The van der Waals surface area contributed by atoms with Gasteiger partial charge in [0.2, 0.25) is 11.1 Å². The molecule has 4 aromatic rings. The summed E-state index contributed by atoms with van der Waals surface area (Å²) in [5.74, 6) is 1.57. The number of hydrogen-bond donors (Lipinski definition) is 1. The number of aromatic nitrogens is 4. The highest BCUT2D eigenvalue weighted by Gasteiger charge is 2.36. The van der Waals surface area contributed by atoms with Crippen molar-refractivity contribution in [1.82, 2.24) is 19.7 Å². The van der Waals surface area contributed by atoms with Crippen LogP contribution >= 0.6 is 11.8 Å². The first-order valence-corrected chi connectivity index (χ1v) is 12.4. The van der Waals surface area contributed by atoms with Gasteiger partial charge in [0.25, 0.3) is 0 Å². The Morgan fingerprint density at radius 3 is 2.53 bits per heavy atom. The van der Waals surface area contributed by atoms with E-state index in [1.54, 1.807) is 18.0 Å². The van der Waals surface area contributed by atoms with Crippen LogP contribution in [0.2, 0.25) is 0 Å². The Morgan fingerprint density at radius 2 is 1.74 bits per heavy atom.